The van der Waals surface area contributed by atoms with Crippen LogP contribution in [0.4, 0.5) is 0 Å². The van der Waals surface area contributed by atoms with E-state index in [0.29, 0.717) is 12.0 Å². The average molecular weight is 243 g/mol. The van der Waals surface area contributed by atoms with Crippen molar-refractivity contribution in [2.45, 2.75) is 25.7 Å². The number of hydrogen-bond donors (Lipinski definition) is 2. The minimum Gasteiger partial charge on any atom is -0.508 e. The molecule has 0 radical (unpaired) electrons. The number of ketones is 1. The summed E-state index contributed by atoms with van der Waals surface area (Å²) in [5.74, 6) is 0.333. The fourth-order valence-electron chi connectivity index (χ4n) is 1.92. The molecule has 1 aromatic carbocycles. The summed E-state index contributed by atoms with van der Waals surface area (Å²) in [6.45, 7) is 0. The van der Waals surface area contributed by atoms with Crippen molar-refractivity contribution in [3.63, 3.8) is 0 Å². The molecule has 0 bridgehead atoms. The van der Waals surface area contributed by atoms with E-state index >= 15 is 0 Å². The smallest absolute Gasteiger partial charge is 0.162 e. The molecule has 0 atom stereocenters. The van der Waals surface area contributed by atoms with Crippen molar-refractivity contribution in [1.29, 1.82) is 0 Å². The highest BCUT2D eigenvalue weighted by Crippen LogP contribution is 2.13. The molecular weight excluding hydrogens is 226 g/mol. The zero-order valence-electron chi connectivity index (χ0n) is 10.2. The molecule has 0 fully saturated rings. The molecule has 0 spiro atoms. The first-order valence-corrected chi connectivity index (χ1v) is 6.20. The normalized spacial score (nSPS) is 10.4. The highest BCUT2D eigenvalue weighted by atomic mass is 16.3. The van der Waals surface area contributed by atoms with Gasteiger partial charge in [0.2, 0.25) is 0 Å². The Balaban J connectivity index is 1.73. The van der Waals surface area contributed by atoms with Crippen molar-refractivity contribution in [2.75, 3.05) is 0 Å². The first-order chi connectivity index (χ1) is 8.75. The zero-order valence-corrected chi connectivity index (χ0v) is 10.2. The van der Waals surface area contributed by atoms with Gasteiger partial charge in [0, 0.05) is 23.9 Å². The fourth-order valence-corrected chi connectivity index (χ4v) is 1.92. The van der Waals surface area contributed by atoms with Crippen molar-refractivity contribution in [3.05, 3.63) is 53.9 Å². The molecule has 18 heavy (non-hydrogen) atoms. The van der Waals surface area contributed by atoms with Gasteiger partial charge in [0.05, 0.1) is 0 Å². The van der Waals surface area contributed by atoms with E-state index in [1.807, 2.05) is 12.3 Å². The van der Waals surface area contributed by atoms with E-state index < -0.39 is 0 Å². The fraction of sp³-hybridized carbons (Fsp3) is 0.267. The zero-order chi connectivity index (χ0) is 12.8. The number of Topliss-reactive ketones (excluding diaryl/α,β-unsaturated/α-hetero) is 1. The van der Waals surface area contributed by atoms with Gasteiger partial charge in [-0.05, 0) is 55.7 Å². The number of carbonyl (C=O) groups is 1. The van der Waals surface area contributed by atoms with E-state index in [-0.39, 0.29) is 11.5 Å². The van der Waals surface area contributed by atoms with Crippen LogP contribution in [-0.4, -0.2) is 15.9 Å². The minimum atomic E-state index is 0.140. The maximum absolute atomic E-state index is 11.8. The molecular formula is C15H17NO2. The van der Waals surface area contributed by atoms with Gasteiger partial charge in [-0.1, -0.05) is 0 Å². The van der Waals surface area contributed by atoms with Gasteiger partial charge in [0.1, 0.15) is 5.75 Å². The van der Waals surface area contributed by atoms with Crippen LogP contribution in [-0.2, 0) is 6.42 Å². The maximum Gasteiger partial charge on any atom is 0.162 e. The number of nitrogens with one attached hydrogen (secondary N) is 1. The Kier molecular flexibility index (Phi) is 4.18. The van der Waals surface area contributed by atoms with Crippen molar-refractivity contribution in [1.82, 2.24) is 4.98 Å². The van der Waals surface area contributed by atoms with E-state index in [2.05, 4.69) is 11.1 Å². The molecule has 94 valence electrons. The van der Waals surface area contributed by atoms with E-state index in [1.165, 1.54) is 5.69 Å². The van der Waals surface area contributed by atoms with Crippen LogP contribution in [0.2, 0.25) is 0 Å². The lowest BCUT2D eigenvalue weighted by atomic mass is 10.0. The minimum absolute atomic E-state index is 0.140. The molecule has 0 saturated heterocycles. The standard InChI is InChI=1S/C15H17NO2/c17-14-9-7-12(8-10-14)15(18)6-2-1-4-13-5-3-11-16-13/h3,5,7-11,16-17H,1-2,4,6H2. The van der Waals surface area contributed by atoms with Gasteiger partial charge in [-0.25, -0.2) is 0 Å². The van der Waals surface area contributed by atoms with Gasteiger partial charge in [-0.3, -0.25) is 4.79 Å². The predicted octanol–water partition coefficient (Wildman–Crippen LogP) is 3.32. The Bertz CT molecular complexity index is 486. The number of carbonyl (C=O) groups excluding carboxylic acids is 1. The number of hydrogen-bond acceptors (Lipinski definition) is 2. The largest absolute Gasteiger partial charge is 0.508 e. The summed E-state index contributed by atoms with van der Waals surface area (Å²) in [7, 11) is 0. The number of aromatic amines is 1. The second kappa shape index (κ2) is 6.05. The van der Waals surface area contributed by atoms with Crippen molar-refractivity contribution >= 4 is 5.78 Å². The van der Waals surface area contributed by atoms with Crippen LogP contribution in [0.1, 0.15) is 35.3 Å². The quantitative estimate of drug-likeness (QED) is 0.604. The molecule has 2 rings (SSSR count). The number of rotatable bonds is 6. The van der Waals surface area contributed by atoms with Crippen LogP contribution in [0.5, 0.6) is 5.75 Å². The van der Waals surface area contributed by atoms with Crippen LogP contribution in [0.25, 0.3) is 0 Å². The first kappa shape index (κ1) is 12.4. The summed E-state index contributed by atoms with van der Waals surface area (Å²) in [6.07, 6.45) is 5.35. The Hall–Kier alpha value is -2.03. The molecule has 0 aliphatic carbocycles. The molecule has 0 aliphatic rings. The summed E-state index contributed by atoms with van der Waals surface area (Å²) < 4.78 is 0. The van der Waals surface area contributed by atoms with Crippen molar-refractivity contribution in [2.24, 2.45) is 0 Å². The Labute approximate surface area is 106 Å². The lowest BCUT2D eigenvalue weighted by molar-refractivity contribution is 0.0979. The summed E-state index contributed by atoms with van der Waals surface area (Å²) in [6, 6.07) is 10.5. The van der Waals surface area contributed by atoms with Gasteiger partial charge in [0.15, 0.2) is 5.78 Å². The van der Waals surface area contributed by atoms with Crippen LogP contribution in [0, 0.1) is 0 Å². The third-order valence-corrected chi connectivity index (χ3v) is 2.95. The second-order valence-electron chi connectivity index (χ2n) is 4.37. The van der Waals surface area contributed by atoms with Gasteiger partial charge >= 0.3 is 0 Å². The first-order valence-electron chi connectivity index (χ1n) is 6.20. The van der Waals surface area contributed by atoms with Crippen molar-refractivity contribution < 1.29 is 9.90 Å². The second-order valence-corrected chi connectivity index (χ2v) is 4.37. The molecule has 2 N–H and O–H groups in total. The number of aromatic nitrogens is 1. The molecule has 0 unspecified atom stereocenters. The number of H-pyrrole nitrogens is 1. The molecule has 0 saturated carbocycles. The molecule has 1 heterocycles. The molecule has 2 aromatic rings. The third-order valence-electron chi connectivity index (χ3n) is 2.95. The third kappa shape index (κ3) is 3.48. The summed E-state index contributed by atoms with van der Waals surface area (Å²) in [5.41, 5.74) is 1.89. The maximum atomic E-state index is 11.8. The van der Waals surface area contributed by atoms with Gasteiger partial charge < -0.3 is 10.1 Å². The van der Waals surface area contributed by atoms with E-state index in [0.717, 1.165) is 19.3 Å². The van der Waals surface area contributed by atoms with Gasteiger partial charge in [0.25, 0.3) is 0 Å². The number of phenols is 1. The Morgan fingerprint density at radius 2 is 1.89 bits per heavy atom. The summed E-state index contributed by atoms with van der Waals surface area (Å²) in [4.78, 5) is 15.0. The number of phenolic OH excluding ortho intramolecular Hbond substituents is 1. The Morgan fingerprint density at radius 3 is 2.56 bits per heavy atom. The Morgan fingerprint density at radius 1 is 1.11 bits per heavy atom. The topological polar surface area (TPSA) is 53.1 Å². The molecule has 0 amide bonds. The average Bonchev–Trinajstić information content (AvgIpc) is 2.88. The van der Waals surface area contributed by atoms with E-state index in [9.17, 15) is 4.79 Å². The monoisotopic (exact) mass is 243 g/mol. The highest BCUT2D eigenvalue weighted by molar-refractivity contribution is 5.96. The van der Waals surface area contributed by atoms with Crippen LogP contribution in [0.3, 0.4) is 0 Å². The number of unbranched alkanes of at least 4 members (excludes halogenated alkanes) is 1. The molecule has 1 aromatic heterocycles. The summed E-state index contributed by atoms with van der Waals surface area (Å²) in [5, 5.41) is 9.14. The van der Waals surface area contributed by atoms with Crippen molar-refractivity contribution in [3.8, 4) is 5.75 Å². The van der Waals surface area contributed by atoms with E-state index in [1.54, 1.807) is 24.3 Å². The number of aromatic hydroxyl groups is 1. The number of aryl methyl sites for hydroxylation is 1. The molecule has 0 aliphatic heterocycles. The van der Waals surface area contributed by atoms with Crippen LogP contribution < -0.4 is 0 Å². The lowest BCUT2D eigenvalue weighted by Crippen LogP contribution is -1.99. The molecule has 3 nitrogen and oxygen atoms in total. The summed E-state index contributed by atoms with van der Waals surface area (Å²) >= 11 is 0. The van der Waals surface area contributed by atoms with Gasteiger partial charge in [-0.15, -0.1) is 0 Å². The molecule has 3 heteroatoms. The number of benzene rings is 1. The highest BCUT2D eigenvalue weighted by Gasteiger charge is 2.05. The van der Waals surface area contributed by atoms with E-state index in [4.69, 9.17) is 5.11 Å². The predicted molar refractivity (Wildman–Crippen MR) is 70.8 cm³/mol. The van der Waals surface area contributed by atoms with Gasteiger partial charge in [-0.2, -0.15) is 0 Å². The SMILES string of the molecule is O=C(CCCCc1ccc[nH]1)c1ccc(O)cc1. The van der Waals surface area contributed by atoms with Crippen LogP contribution in [0.15, 0.2) is 42.6 Å². The van der Waals surface area contributed by atoms with Crippen LogP contribution >= 0.6 is 0 Å². The lowest BCUT2D eigenvalue weighted by Gasteiger charge is -2.01.